The molecule has 2 aliphatic carbocycles. The first-order valence-corrected chi connectivity index (χ1v) is 18.1. The zero-order valence-corrected chi connectivity index (χ0v) is 30.7. The maximum absolute atomic E-state index is 14.3. The molecule has 1 aromatic carbocycles. The van der Waals surface area contributed by atoms with E-state index in [9.17, 15) is 37.2 Å². The van der Waals surface area contributed by atoms with Gasteiger partial charge >= 0.3 is 18.2 Å². The van der Waals surface area contributed by atoms with Crippen LogP contribution in [0.5, 0.6) is 0 Å². The summed E-state index contributed by atoms with van der Waals surface area (Å²) in [7, 11) is -2.72. The molecule has 0 bridgehead atoms. The second-order valence-corrected chi connectivity index (χ2v) is 17.1. The SMILES string of the molecule is C=CC1CC1(NC(=O)C1CC(OC(=O)Nc2cccc(C(=O)OC)c2)CN1C(=O)C(NC(=O)OC(C)(C)C)C(C)(C)C)C(=O)NS(=O)(=O)C1CC1. The van der Waals surface area contributed by atoms with Crippen LogP contribution < -0.4 is 20.7 Å². The molecule has 1 aliphatic heterocycles. The van der Waals surface area contributed by atoms with Crippen molar-refractivity contribution in [1.82, 2.24) is 20.3 Å². The van der Waals surface area contributed by atoms with Gasteiger partial charge in [0.15, 0.2) is 0 Å². The van der Waals surface area contributed by atoms with E-state index in [1.807, 2.05) is 0 Å². The molecule has 1 heterocycles. The molecule has 0 spiro atoms. The molecule has 280 valence electrons. The monoisotopic (exact) mass is 733 g/mol. The van der Waals surface area contributed by atoms with E-state index in [4.69, 9.17) is 14.2 Å². The lowest BCUT2D eigenvalue weighted by Crippen LogP contribution is -2.60. The topological polar surface area (TPSA) is 216 Å². The van der Waals surface area contributed by atoms with Gasteiger partial charge in [-0.15, -0.1) is 6.58 Å². The molecule has 4 N–H and O–H groups in total. The number of hydrogen-bond acceptors (Lipinski definition) is 11. The Morgan fingerprint density at radius 2 is 1.71 bits per heavy atom. The van der Waals surface area contributed by atoms with Crippen LogP contribution in [0.1, 0.15) is 77.6 Å². The van der Waals surface area contributed by atoms with Gasteiger partial charge in [0.25, 0.3) is 5.91 Å². The number of methoxy groups -OCH3 is 1. The first-order chi connectivity index (χ1) is 23.6. The number of carbonyl (C=O) groups is 6. The van der Waals surface area contributed by atoms with Gasteiger partial charge in [-0.2, -0.15) is 0 Å². The first-order valence-electron chi connectivity index (χ1n) is 16.6. The molecule has 2 saturated carbocycles. The number of carbonyl (C=O) groups excluding carboxylic acids is 6. The number of amides is 5. The van der Waals surface area contributed by atoms with E-state index >= 15 is 0 Å². The molecule has 3 fully saturated rings. The molecule has 5 atom stereocenters. The summed E-state index contributed by atoms with van der Waals surface area (Å²) in [5.41, 5.74) is -3.00. The average molecular weight is 734 g/mol. The summed E-state index contributed by atoms with van der Waals surface area (Å²) in [4.78, 5) is 80.6. The number of esters is 1. The van der Waals surface area contributed by atoms with Crippen molar-refractivity contribution in [2.75, 3.05) is 19.0 Å². The predicted molar refractivity (Wildman–Crippen MR) is 184 cm³/mol. The average Bonchev–Trinajstić information content (AvgIpc) is 3.94. The van der Waals surface area contributed by atoms with Gasteiger partial charge in [0.1, 0.15) is 29.3 Å². The number of nitrogens with one attached hydrogen (secondary N) is 4. The van der Waals surface area contributed by atoms with Gasteiger partial charge < -0.3 is 29.7 Å². The van der Waals surface area contributed by atoms with Gasteiger partial charge in [0.05, 0.1) is 24.5 Å². The lowest BCUT2D eigenvalue weighted by molar-refractivity contribution is -0.143. The molecule has 51 heavy (non-hydrogen) atoms. The number of alkyl carbamates (subject to hydrolysis) is 1. The molecule has 3 aliphatic rings. The van der Waals surface area contributed by atoms with Gasteiger partial charge in [-0.3, -0.25) is 24.4 Å². The highest BCUT2D eigenvalue weighted by Crippen LogP contribution is 2.45. The lowest BCUT2D eigenvalue weighted by Gasteiger charge is -2.36. The highest BCUT2D eigenvalue weighted by atomic mass is 32.2. The van der Waals surface area contributed by atoms with E-state index in [0.29, 0.717) is 12.8 Å². The van der Waals surface area contributed by atoms with Gasteiger partial charge in [-0.25, -0.2) is 22.8 Å². The Bertz CT molecular complexity index is 1700. The molecule has 0 aromatic heterocycles. The summed E-state index contributed by atoms with van der Waals surface area (Å²) >= 11 is 0. The number of benzene rings is 1. The van der Waals surface area contributed by atoms with E-state index in [1.54, 1.807) is 41.5 Å². The molecule has 1 aromatic rings. The quantitative estimate of drug-likeness (QED) is 0.147. The predicted octanol–water partition coefficient (Wildman–Crippen LogP) is 2.60. The van der Waals surface area contributed by atoms with Gasteiger partial charge in [0, 0.05) is 18.0 Å². The summed E-state index contributed by atoms with van der Waals surface area (Å²) in [6.45, 7) is 13.6. The minimum Gasteiger partial charge on any atom is -0.465 e. The summed E-state index contributed by atoms with van der Waals surface area (Å²) in [6, 6.07) is 3.40. The minimum atomic E-state index is -3.94. The number of ether oxygens (including phenoxy) is 3. The van der Waals surface area contributed by atoms with Crippen molar-refractivity contribution in [3.8, 4) is 0 Å². The molecule has 1 saturated heterocycles. The van der Waals surface area contributed by atoms with Crippen LogP contribution in [-0.4, -0.2) is 97.4 Å². The van der Waals surface area contributed by atoms with Gasteiger partial charge in [-0.05, 0) is 63.6 Å². The Hall–Kier alpha value is -4.67. The maximum atomic E-state index is 14.3. The number of hydrogen-bond donors (Lipinski definition) is 4. The Morgan fingerprint density at radius 1 is 1.04 bits per heavy atom. The van der Waals surface area contributed by atoms with Gasteiger partial charge in [0.2, 0.25) is 21.8 Å². The van der Waals surface area contributed by atoms with Crippen LogP contribution in [0.3, 0.4) is 0 Å². The van der Waals surface area contributed by atoms with Crippen molar-refractivity contribution in [1.29, 1.82) is 0 Å². The van der Waals surface area contributed by atoms with Crippen LogP contribution >= 0.6 is 0 Å². The van der Waals surface area contributed by atoms with Crippen molar-refractivity contribution in [2.45, 2.75) is 102 Å². The molecule has 4 rings (SSSR count). The van der Waals surface area contributed by atoms with E-state index in [0.717, 1.165) is 4.90 Å². The Kier molecular flexibility index (Phi) is 11.1. The molecule has 16 nitrogen and oxygen atoms in total. The van der Waals surface area contributed by atoms with Crippen molar-refractivity contribution >= 4 is 51.6 Å². The Balaban J connectivity index is 1.59. The van der Waals surface area contributed by atoms with E-state index in [-0.39, 0.29) is 30.6 Å². The number of sulfonamides is 1. The zero-order chi connectivity index (χ0) is 38.1. The number of rotatable bonds is 11. The third-order valence-electron chi connectivity index (χ3n) is 8.68. The smallest absolute Gasteiger partial charge is 0.411 e. The minimum absolute atomic E-state index is 0.0761. The fourth-order valence-electron chi connectivity index (χ4n) is 5.77. The highest BCUT2D eigenvalue weighted by Gasteiger charge is 2.62. The third-order valence-corrected chi connectivity index (χ3v) is 10.5. The Labute approximate surface area is 297 Å². The van der Waals surface area contributed by atoms with E-state index in [2.05, 4.69) is 27.3 Å². The summed E-state index contributed by atoms with van der Waals surface area (Å²) in [6.07, 6.45) is -0.688. The number of nitrogens with zero attached hydrogens (tertiary/aromatic N) is 1. The van der Waals surface area contributed by atoms with Crippen molar-refractivity contribution in [2.24, 2.45) is 11.3 Å². The van der Waals surface area contributed by atoms with Crippen LogP contribution in [0.4, 0.5) is 15.3 Å². The van der Waals surface area contributed by atoms with Crippen molar-refractivity contribution in [3.05, 3.63) is 42.5 Å². The molecular weight excluding hydrogens is 686 g/mol. The van der Waals surface area contributed by atoms with Crippen LogP contribution in [0.2, 0.25) is 0 Å². The molecular formula is C34H47N5O11S. The zero-order valence-electron chi connectivity index (χ0n) is 29.9. The number of likely N-dealkylation sites (tertiary alicyclic amines) is 1. The van der Waals surface area contributed by atoms with Gasteiger partial charge in [-0.1, -0.05) is 32.9 Å². The summed E-state index contributed by atoms with van der Waals surface area (Å²) in [5, 5.41) is 7.11. The molecule has 0 radical (unpaired) electrons. The highest BCUT2D eigenvalue weighted by molar-refractivity contribution is 7.91. The normalized spacial score (nSPS) is 23.6. The fourth-order valence-corrected chi connectivity index (χ4v) is 7.14. The van der Waals surface area contributed by atoms with Crippen molar-refractivity contribution in [3.63, 3.8) is 0 Å². The molecule has 5 unspecified atom stereocenters. The fraction of sp³-hybridized carbons (Fsp3) is 0.588. The summed E-state index contributed by atoms with van der Waals surface area (Å²) in [5.74, 6) is -3.60. The second-order valence-electron chi connectivity index (χ2n) is 15.1. The Morgan fingerprint density at radius 3 is 2.25 bits per heavy atom. The van der Waals surface area contributed by atoms with Crippen LogP contribution in [-0.2, 0) is 38.6 Å². The van der Waals surface area contributed by atoms with Crippen molar-refractivity contribution < 1.29 is 51.4 Å². The van der Waals surface area contributed by atoms with Crippen LogP contribution in [0, 0.1) is 11.3 Å². The molecule has 5 amide bonds. The van der Waals surface area contributed by atoms with E-state index in [1.165, 1.54) is 37.5 Å². The lowest BCUT2D eigenvalue weighted by atomic mass is 9.85. The second kappa shape index (κ2) is 14.5. The standard InChI is InChI=1S/C34H47N5O11S/c1-9-20-17-34(20,29(43)38-51(46,47)23-13-14-23)37-26(40)24-16-22(49-30(44)35-21-12-10-11-19(15-21)28(42)48-8)18-39(24)27(41)25(32(2,3)4)36-31(45)50-33(5,6)7/h9-12,15,20,22-25H,1,13-14,16-18H2,2-8H3,(H,35,44)(H,36,45)(H,37,40)(H,38,43). The van der Waals surface area contributed by atoms with Crippen LogP contribution in [0.15, 0.2) is 36.9 Å². The van der Waals surface area contributed by atoms with Crippen LogP contribution in [0.25, 0.3) is 0 Å². The maximum Gasteiger partial charge on any atom is 0.411 e. The number of anilines is 1. The third kappa shape index (κ3) is 9.56. The van der Waals surface area contributed by atoms with E-state index < -0.39 is 91.8 Å². The molecule has 17 heteroatoms. The summed E-state index contributed by atoms with van der Waals surface area (Å²) < 4.78 is 43.0. The largest absolute Gasteiger partial charge is 0.465 e. The first kappa shape index (κ1) is 39.1.